The van der Waals surface area contributed by atoms with Gasteiger partial charge in [0.2, 0.25) is 0 Å². The molecule has 4 N–H and O–H groups in total. The molecular formula is C25H21F2N7O2. The maximum Gasteiger partial charge on any atom is 0.282 e. The number of hydrogen-bond acceptors (Lipinski definition) is 7. The van der Waals surface area contributed by atoms with E-state index in [9.17, 15) is 18.7 Å². The fourth-order valence-electron chi connectivity index (χ4n) is 4.10. The maximum absolute atomic E-state index is 13.5. The summed E-state index contributed by atoms with van der Waals surface area (Å²) in [7, 11) is 0. The molecule has 5 aromatic rings. The summed E-state index contributed by atoms with van der Waals surface area (Å²) >= 11 is 0. The predicted octanol–water partition coefficient (Wildman–Crippen LogP) is 4.09. The van der Waals surface area contributed by atoms with E-state index < -0.39 is 6.43 Å². The first kappa shape index (κ1) is 23.0. The fraction of sp³-hybridized carbons (Fsp3) is 0.120. The lowest BCUT2D eigenvalue weighted by atomic mass is 10.0. The molecule has 0 aliphatic heterocycles. The van der Waals surface area contributed by atoms with Gasteiger partial charge in [-0.25, -0.2) is 23.3 Å². The molecular weight excluding hydrogens is 468 g/mol. The van der Waals surface area contributed by atoms with Crippen LogP contribution in [0.3, 0.4) is 0 Å². The van der Waals surface area contributed by atoms with Gasteiger partial charge < -0.3 is 16.2 Å². The number of halogens is 2. The van der Waals surface area contributed by atoms with Crippen LogP contribution in [0, 0.1) is 6.92 Å². The molecule has 0 radical (unpaired) electrons. The molecule has 0 aliphatic rings. The number of anilines is 2. The molecule has 5 rings (SSSR count). The summed E-state index contributed by atoms with van der Waals surface area (Å²) in [6, 6.07) is 14.4. The summed E-state index contributed by atoms with van der Waals surface area (Å²) < 4.78 is 29.7. The zero-order valence-electron chi connectivity index (χ0n) is 19.1. The highest BCUT2D eigenvalue weighted by Gasteiger charge is 2.19. The van der Waals surface area contributed by atoms with E-state index in [1.807, 2.05) is 31.2 Å². The Morgan fingerprint density at radius 2 is 1.89 bits per heavy atom. The molecule has 3 heterocycles. The van der Waals surface area contributed by atoms with Crippen LogP contribution < -0.4 is 16.6 Å². The van der Waals surface area contributed by atoms with Gasteiger partial charge in [-0.05, 0) is 54.4 Å². The molecule has 2 aromatic carbocycles. The van der Waals surface area contributed by atoms with Gasteiger partial charge in [0, 0.05) is 11.8 Å². The minimum absolute atomic E-state index is 0.0308. The Kier molecular flexibility index (Phi) is 5.80. The number of nitrogens with two attached hydrogens (primary N) is 1. The monoisotopic (exact) mass is 489 g/mol. The number of hydrogen-bond donors (Lipinski definition) is 3. The first-order valence-electron chi connectivity index (χ1n) is 11.0. The average Bonchev–Trinajstić information content (AvgIpc) is 3.23. The van der Waals surface area contributed by atoms with Gasteiger partial charge in [-0.2, -0.15) is 5.10 Å². The Morgan fingerprint density at radius 1 is 1.11 bits per heavy atom. The lowest BCUT2D eigenvalue weighted by Gasteiger charge is -2.16. The second-order valence-corrected chi connectivity index (χ2v) is 8.13. The van der Waals surface area contributed by atoms with Crippen molar-refractivity contribution < 1.29 is 13.9 Å². The van der Waals surface area contributed by atoms with Crippen molar-refractivity contribution in [2.45, 2.75) is 19.9 Å². The normalized spacial score (nSPS) is 11.3. The number of alkyl halides is 2. The third-order valence-corrected chi connectivity index (χ3v) is 5.74. The third kappa shape index (κ3) is 4.11. The molecule has 0 fully saturated rings. The second kappa shape index (κ2) is 9.10. The van der Waals surface area contributed by atoms with Crippen molar-refractivity contribution in [2.24, 2.45) is 0 Å². The molecule has 0 unspecified atom stereocenters. The van der Waals surface area contributed by atoms with E-state index in [2.05, 4.69) is 20.4 Å². The molecule has 0 saturated heterocycles. The van der Waals surface area contributed by atoms with E-state index >= 15 is 0 Å². The smallest absolute Gasteiger partial charge is 0.282 e. The van der Waals surface area contributed by atoms with Crippen molar-refractivity contribution in [3.05, 3.63) is 94.4 Å². The maximum atomic E-state index is 13.5. The van der Waals surface area contributed by atoms with Crippen molar-refractivity contribution >= 4 is 17.2 Å². The van der Waals surface area contributed by atoms with Crippen molar-refractivity contribution in [1.82, 2.24) is 24.1 Å². The number of fused-ring (bicyclic) bond motifs is 1. The van der Waals surface area contributed by atoms with E-state index in [-0.39, 0.29) is 46.2 Å². The fourth-order valence-corrected chi connectivity index (χ4v) is 4.10. The quantitative estimate of drug-likeness (QED) is 0.328. The molecule has 0 amide bonds. The lowest BCUT2D eigenvalue weighted by molar-refractivity contribution is 0.151. The van der Waals surface area contributed by atoms with Gasteiger partial charge in [-0.1, -0.05) is 18.2 Å². The first-order chi connectivity index (χ1) is 17.3. The lowest BCUT2D eigenvalue weighted by Crippen LogP contribution is -2.28. The summed E-state index contributed by atoms with van der Waals surface area (Å²) in [5.41, 5.74) is 7.81. The number of nitrogens with one attached hydrogen (secondary N) is 1. The molecule has 0 bridgehead atoms. The summed E-state index contributed by atoms with van der Waals surface area (Å²) in [6.45, 7) is 1.88. The number of aryl methyl sites for hydroxylation is 1. The van der Waals surface area contributed by atoms with Crippen LogP contribution in [0.1, 0.15) is 23.4 Å². The highest BCUT2D eigenvalue weighted by Crippen LogP contribution is 2.36. The Bertz CT molecular complexity index is 1630. The number of phenolic OH excluding ortho intramolecular Hbond substituents is 1. The van der Waals surface area contributed by atoms with Crippen LogP contribution >= 0.6 is 0 Å². The summed E-state index contributed by atoms with van der Waals surface area (Å²) in [5.74, 6) is 0.292. The molecule has 3 aromatic heterocycles. The van der Waals surface area contributed by atoms with Crippen LogP contribution in [0.25, 0.3) is 22.3 Å². The molecule has 0 spiro atoms. The molecule has 182 valence electrons. The van der Waals surface area contributed by atoms with Gasteiger partial charge in [0.15, 0.2) is 5.82 Å². The first-order valence-corrected chi connectivity index (χ1v) is 11.0. The van der Waals surface area contributed by atoms with E-state index in [1.54, 1.807) is 18.3 Å². The number of aromatic nitrogens is 5. The zero-order valence-corrected chi connectivity index (χ0v) is 19.1. The van der Waals surface area contributed by atoms with Crippen LogP contribution in [0.4, 0.5) is 20.4 Å². The highest BCUT2D eigenvalue weighted by molar-refractivity contribution is 5.84. The van der Waals surface area contributed by atoms with Crippen LogP contribution in [0.5, 0.6) is 5.75 Å². The molecule has 0 aliphatic carbocycles. The number of para-hydroxylation sites is 1. The molecule has 0 atom stereocenters. The minimum Gasteiger partial charge on any atom is -0.508 e. The standard InChI is InChI=1S/C25H21F2N7O2/c1-14-7-8-33-21(14)25(36)34(17-5-3-2-4-6-17)19(32-33)12-29-24-20(23(28)30-13-31-24)15-9-16(22(26)27)11-18(35)10-15/h2-11,13,22,35H,12H2,1H3,(H3,28,29,30,31). The largest absolute Gasteiger partial charge is 0.508 e. The number of phenols is 1. The van der Waals surface area contributed by atoms with Crippen molar-refractivity contribution in [2.75, 3.05) is 11.1 Å². The van der Waals surface area contributed by atoms with Gasteiger partial charge >= 0.3 is 0 Å². The van der Waals surface area contributed by atoms with Crippen molar-refractivity contribution in [3.8, 4) is 22.6 Å². The Labute approximate surface area is 203 Å². The zero-order chi connectivity index (χ0) is 25.4. The predicted molar refractivity (Wildman–Crippen MR) is 131 cm³/mol. The number of nitrogens with zero attached hydrogens (tertiary/aromatic N) is 5. The Morgan fingerprint density at radius 3 is 2.64 bits per heavy atom. The second-order valence-electron chi connectivity index (χ2n) is 8.13. The molecule has 0 saturated carbocycles. The van der Waals surface area contributed by atoms with Gasteiger partial charge in [0.1, 0.15) is 29.2 Å². The topological polar surface area (TPSA) is 123 Å². The molecule has 11 heteroatoms. The number of rotatable bonds is 6. The van der Waals surface area contributed by atoms with E-state index in [0.29, 0.717) is 17.0 Å². The van der Waals surface area contributed by atoms with Gasteiger partial charge in [-0.15, -0.1) is 0 Å². The van der Waals surface area contributed by atoms with Crippen LogP contribution in [-0.2, 0) is 6.54 Å². The Balaban J connectivity index is 1.60. The van der Waals surface area contributed by atoms with E-state index in [4.69, 9.17) is 5.73 Å². The molecule has 36 heavy (non-hydrogen) atoms. The number of aromatic hydroxyl groups is 1. The van der Waals surface area contributed by atoms with Crippen LogP contribution in [0.2, 0.25) is 0 Å². The average molecular weight is 489 g/mol. The SMILES string of the molecule is Cc1ccn2nc(CNc3ncnc(N)c3-c3cc(O)cc(C(F)F)c3)n(-c3ccccc3)c(=O)c12. The number of benzene rings is 2. The summed E-state index contributed by atoms with van der Waals surface area (Å²) in [4.78, 5) is 21.7. The minimum atomic E-state index is -2.79. The van der Waals surface area contributed by atoms with Crippen LogP contribution in [-0.4, -0.2) is 29.3 Å². The number of nitrogen functional groups attached to an aromatic ring is 1. The summed E-state index contributed by atoms with van der Waals surface area (Å²) in [6.07, 6.45) is 0.144. The molecule has 9 nitrogen and oxygen atoms in total. The van der Waals surface area contributed by atoms with Crippen molar-refractivity contribution in [1.29, 1.82) is 0 Å². The highest BCUT2D eigenvalue weighted by atomic mass is 19.3. The van der Waals surface area contributed by atoms with Crippen LogP contribution in [0.15, 0.2) is 71.9 Å². The van der Waals surface area contributed by atoms with Crippen molar-refractivity contribution in [3.63, 3.8) is 0 Å². The van der Waals surface area contributed by atoms with E-state index in [0.717, 1.165) is 11.6 Å². The third-order valence-electron chi connectivity index (χ3n) is 5.74. The Hall–Kier alpha value is -4.80. The van der Waals surface area contributed by atoms with E-state index in [1.165, 1.54) is 27.5 Å². The van der Waals surface area contributed by atoms with Gasteiger partial charge in [0.05, 0.1) is 17.8 Å². The van der Waals surface area contributed by atoms with Gasteiger partial charge in [0.25, 0.3) is 12.0 Å². The van der Waals surface area contributed by atoms with Gasteiger partial charge in [-0.3, -0.25) is 9.36 Å². The summed E-state index contributed by atoms with van der Waals surface area (Å²) in [5, 5.41) is 17.7.